The number of fused-ring (bicyclic) bond motifs is 1. The molecule has 2 heterocycles. The Labute approximate surface area is 125 Å². The van der Waals surface area contributed by atoms with Crippen molar-refractivity contribution in [3.63, 3.8) is 0 Å². The fraction of sp³-hybridized carbons (Fsp3) is 0.267. The van der Waals surface area contributed by atoms with Gasteiger partial charge in [-0.3, -0.25) is 14.5 Å². The van der Waals surface area contributed by atoms with Crippen molar-refractivity contribution in [3.8, 4) is 0 Å². The van der Waals surface area contributed by atoms with Crippen LogP contribution in [0.1, 0.15) is 40.8 Å². The molecule has 1 aliphatic heterocycles. The molecule has 21 heavy (non-hydrogen) atoms. The van der Waals surface area contributed by atoms with E-state index in [1.54, 1.807) is 0 Å². The van der Waals surface area contributed by atoms with Crippen molar-refractivity contribution in [1.82, 2.24) is 4.98 Å². The molecule has 0 atom stereocenters. The van der Waals surface area contributed by atoms with Gasteiger partial charge in [-0.2, -0.15) is 0 Å². The summed E-state index contributed by atoms with van der Waals surface area (Å²) in [5, 5.41) is 2.84. The second kappa shape index (κ2) is 5.04. The van der Waals surface area contributed by atoms with E-state index >= 15 is 0 Å². The average Bonchev–Trinajstić information content (AvgIpc) is 2.99. The molecule has 4 nitrogen and oxygen atoms in total. The van der Waals surface area contributed by atoms with Crippen LogP contribution in [0.25, 0.3) is 0 Å². The van der Waals surface area contributed by atoms with E-state index in [0.717, 1.165) is 5.01 Å². The number of nitrogens with zero attached hydrogens (tertiary/aromatic N) is 2. The van der Waals surface area contributed by atoms with Gasteiger partial charge in [0.25, 0.3) is 11.7 Å². The first-order chi connectivity index (χ1) is 9.97. The highest BCUT2D eigenvalue weighted by Crippen LogP contribution is 2.31. The van der Waals surface area contributed by atoms with Crippen LogP contribution in [0.3, 0.4) is 0 Å². The third kappa shape index (κ3) is 2.35. The zero-order valence-corrected chi connectivity index (χ0v) is 12.4. The fourth-order valence-corrected chi connectivity index (χ4v) is 3.07. The second-order valence-corrected chi connectivity index (χ2v) is 6.10. The minimum atomic E-state index is -0.630. The quantitative estimate of drug-likeness (QED) is 0.819. The number of thiazole rings is 1. The van der Waals surface area contributed by atoms with Gasteiger partial charge in [0.2, 0.25) is 0 Å². The zero-order valence-electron chi connectivity index (χ0n) is 11.6. The van der Waals surface area contributed by atoms with Gasteiger partial charge in [-0.1, -0.05) is 13.8 Å². The molecular formula is C15H13FN2O2S. The Morgan fingerprint density at radius 3 is 2.76 bits per heavy atom. The van der Waals surface area contributed by atoms with Crippen molar-refractivity contribution in [2.24, 2.45) is 0 Å². The largest absolute Gasteiger partial charge is 0.299 e. The van der Waals surface area contributed by atoms with Crippen LogP contribution in [0, 0.1) is 5.82 Å². The highest BCUT2D eigenvalue weighted by atomic mass is 32.1. The van der Waals surface area contributed by atoms with Gasteiger partial charge < -0.3 is 0 Å². The summed E-state index contributed by atoms with van der Waals surface area (Å²) < 4.78 is 13.4. The molecule has 0 N–H and O–H groups in total. The number of amides is 1. The van der Waals surface area contributed by atoms with Crippen LogP contribution in [0.4, 0.5) is 10.1 Å². The van der Waals surface area contributed by atoms with Crippen molar-refractivity contribution >= 4 is 28.7 Å². The Kier molecular flexibility index (Phi) is 3.33. The molecule has 6 heteroatoms. The summed E-state index contributed by atoms with van der Waals surface area (Å²) in [6.07, 6.45) is 0. The monoisotopic (exact) mass is 304 g/mol. The first kappa shape index (κ1) is 13.9. The molecule has 0 radical (unpaired) electrons. The second-order valence-electron chi connectivity index (χ2n) is 5.21. The average molecular weight is 304 g/mol. The summed E-state index contributed by atoms with van der Waals surface area (Å²) in [5.41, 5.74) is 1.28. The van der Waals surface area contributed by atoms with Crippen LogP contribution in [0.15, 0.2) is 23.6 Å². The predicted molar refractivity (Wildman–Crippen MR) is 78.1 cm³/mol. The Balaban J connectivity index is 1.94. The van der Waals surface area contributed by atoms with Crippen molar-refractivity contribution in [1.29, 1.82) is 0 Å². The number of halogens is 1. The molecule has 3 rings (SSSR count). The van der Waals surface area contributed by atoms with E-state index in [-0.39, 0.29) is 12.1 Å². The van der Waals surface area contributed by atoms with E-state index in [1.807, 2.05) is 19.2 Å². The molecule has 0 unspecified atom stereocenters. The first-order valence-electron chi connectivity index (χ1n) is 6.57. The van der Waals surface area contributed by atoms with E-state index in [9.17, 15) is 14.0 Å². The lowest BCUT2D eigenvalue weighted by atomic mass is 10.1. The van der Waals surface area contributed by atoms with Crippen molar-refractivity contribution in [3.05, 3.63) is 45.7 Å². The lowest BCUT2D eigenvalue weighted by Crippen LogP contribution is -2.29. The number of hydrogen-bond acceptors (Lipinski definition) is 4. The van der Waals surface area contributed by atoms with E-state index in [2.05, 4.69) is 4.98 Å². The molecule has 1 aliphatic rings. The highest BCUT2D eigenvalue weighted by molar-refractivity contribution is 7.09. The van der Waals surface area contributed by atoms with Crippen molar-refractivity contribution in [2.75, 3.05) is 4.90 Å². The summed E-state index contributed by atoms with van der Waals surface area (Å²) in [5.74, 6) is -1.38. The van der Waals surface area contributed by atoms with Crippen LogP contribution in [-0.4, -0.2) is 16.7 Å². The molecule has 0 saturated carbocycles. The SMILES string of the molecule is CC(C)c1nc(CN2C(=O)C(=O)c3ccc(F)cc32)cs1. The zero-order chi connectivity index (χ0) is 15.1. The molecule has 0 bridgehead atoms. The Morgan fingerprint density at radius 2 is 2.10 bits per heavy atom. The summed E-state index contributed by atoms with van der Waals surface area (Å²) in [6, 6.07) is 3.76. The lowest BCUT2D eigenvalue weighted by Gasteiger charge is -2.14. The van der Waals surface area contributed by atoms with Gasteiger partial charge in [0.15, 0.2) is 0 Å². The molecule has 1 amide bonds. The number of Topliss-reactive ketones (excluding diaryl/α,β-unsaturated/α-hetero) is 1. The van der Waals surface area contributed by atoms with Gasteiger partial charge in [0, 0.05) is 11.3 Å². The summed E-state index contributed by atoms with van der Waals surface area (Å²) >= 11 is 1.52. The number of benzene rings is 1. The van der Waals surface area contributed by atoms with E-state index < -0.39 is 17.5 Å². The Morgan fingerprint density at radius 1 is 1.33 bits per heavy atom. The van der Waals surface area contributed by atoms with Gasteiger partial charge in [-0.15, -0.1) is 11.3 Å². The van der Waals surface area contributed by atoms with Crippen molar-refractivity contribution in [2.45, 2.75) is 26.3 Å². The number of hydrogen-bond donors (Lipinski definition) is 0. The summed E-state index contributed by atoms with van der Waals surface area (Å²) in [4.78, 5) is 29.7. The van der Waals surface area contributed by atoms with Gasteiger partial charge >= 0.3 is 0 Å². The van der Waals surface area contributed by atoms with Crippen LogP contribution in [0.5, 0.6) is 0 Å². The minimum absolute atomic E-state index is 0.185. The third-order valence-electron chi connectivity index (χ3n) is 3.32. The predicted octanol–water partition coefficient (Wildman–Crippen LogP) is 3.14. The first-order valence-corrected chi connectivity index (χ1v) is 7.45. The maximum atomic E-state index is 13.4. The maximum absolute atomic E-state index is 13.4. The molecule has 1 aromatic carbocycles. The number of ketones is 1. The third-order valence-corrected chi connectivity index (χ3v) is 4.51. The molecule has 0 saturated heterocycles. The van der Waals surface area contributed by atoms with Crippen LogP contribution in [-0.2, 0) is 11.3 Å². The molecule has 0 fully saturated rings. The Bertz CT molecular complexity index is 739. The van der Waals surface area contributed by atoms with E-state index in [1.165, 1.54) is 34.4 Å². The molecular weight excluding hydrogens is 291 g/mol. The standard InChI is InChI=1S/C15H13FN2O2S/c1-8(2)14-17-10(7-21-14)6-18-12-5-9(16)3-4-11(12)13(19)15(18)20/h3-5,7-8H,6H2,1-2H3. The molecule has 108 valence electrons. The highest BCUT2D eigenvalue weighted by Gasteiger charge is 2.36. The van der Waals surface area contributed by atoms with Gasteiger partial charge in [-0.05, 0) is 18.2 Å². The van der Waals surface area contributed by atoms with E-state index in [0.29, 0.717) is 17.3 Å². The Hall–Kier alpha value is -2.08. The number of anilines is 1. The molecule has 0 aliphatic carbocycles. The van der Waals surface area contributed by atoms with Crippen molar-refractivity contribution < 1.29 is 14.0 Å². The van der Waals surface area contributed by atoms with Crippen LogP contribution < -0.4 is 4.90 Å². The van der Waals surface area contributed by atoms with Gasteiger partial charge in [0.1, 0.15) is 5.82 Å². The molecule has 1 aromatic heterocycles. The number of rotatable bonds is 3. The summed E-state index contributed by atoms with van der Waals surface area (Å²) in [6.45, 7) is 4.26. The number of aromatic nitrogens is 1. The van der Waals surface area contributed by atoms with E-state index in [4.69, 9.17) is 0 Å². The summed E-state index contributed by atoms with van der Waals surface area (Å²) in [7, 11) is 0. The van der Waals surface area contributed by atoms with Crippen LogP contribution in [0.2, 0.25) is 0 Å². The number of carbonyl (C=O) groups is 2. The lowest BCUT2D eigenvalue weighted by molar-refractivity contribution is -0.114. The molecule has 0 spiro atoms. The fourth-order valence-electron chi connectivity index (χ4n) is 2.25. The van der Waals surface area contributed by atoms with Gasteiger partial charge in [0.05, 0.1) is 28.5 Å². The number of carbonyl (C=O) groups excluding carboxylic acids is 2. The normalized spacial score (nSPS) is 14.2. The minimum Gasteiger partial charge on any atom is -0.299 e. The van der Waals surface area contributed by atoms with Crippen LogP contribution >= 0.6 is 11.3 Å². The maximum Gasteiger partial charge on any atom is 0.299 e. The topological polar surface area (TPSA) is 50.3 Å². The molecule has 2 aromatic rings. The van der Waals surface area contributed by atoms with Gasteiger partial charge in [-0.25, -0.2) is 9.37 Å². The smallest absolute Gasteiger partial charge is 0.299 e.